The van der Waals surface area contributed by atoms with Crippen LogP contribution in [0.1, 0.15) is 84.0 Å². The van der Waals surface area contributed by atoms with Crippen LogP contribution >= 0.6 is 15.9 Å². The summed E-state index contributed by atoms with van der Waals surface area (Å²) < 4.78 is 0.935. The molecule has 0 amide bonds. The third-order valence-corrected chi connectivity index (χ3v) is 5.25. The minimum absolute atomic E-state index is 0.215. The molecule has 0 aromatic rings. The Morgan fingerprint density at radius 1 is 0.773 bits per heavy atom. The fourth-order valence-electron chi connectivity index (χ4n) is 3.09. The zero-order valence-corrected chi connectivity index (χ0v) is 17.0. The van der Waals surface area contributed by atoms with Crippen molar-refractivity contribution in [3.8, 4) is 0 Å². The summed E-state index contributed by atoms with van der Waals surface area (Å²) in [5.74, 6) is 0. The van der Waals surface area contributed by atoms with Crippen LogP contribution in [-0.2, 0) is 0 Å². The standard InChI is InChI=1S/C19H41BrNO/c1-4-5-6-7-8-9-10-11-12-13-14-15-16-21(2,3)18-19(22)17-20/h19,22H,4-18H2,1-3H3/q+1. The first-order chi connectivity index (χ1) is 10.5. The molecule has 0 fully saturated rings. The number of aliphatic hydroxyl groups is 1. The molecule has 0 bridgehead atoms. The Balaban J connectivity index is 3.29. The van der Waals surface area contributed by atoms with Gasteiger partial charge in [0.2, 0.25) is 0 Å². The highest BCUT2D eigenvalue weighted by Crippen LogP contribution is 2.13. The van der Waals surface area contributed by atoms with Crippen molar-refractivity contribution >= 4 is 15.9 Å². The molecule has 1 atom stereocenters. The van der Waals surface area contributed by atoms with Crippen molar-refractivity contribution in [2.45, 2.75) is 90.1 Å². The summed E-state index contributed by atoms with van der Waals surface area (Å²) in [5.41, 5.74) is 0. The number of rotatable bonds is 16. The third kappa shape index (κ3) is 15.3. The van der Waals surface area contributed by atoms with Gasteiger partial charge in [0.25, 0.3) is 0 Å². The smallest absolute Gasteiger partial charge is 0.112 e. The van der Waals surface area contributed by atoms with E-state index in [1.54, 1.807) is 0 Å². The fraction of sp³-hybridized carbons (Fsp3) is 1.00. The largest absolute Gasteiger partial charge is 0.386 e. The van der Waals surface area contributed by atoms with Gasteiger partial charge in [-0.25, -0.2) is 0 Å². The maximum Gasteiger partial charge on any atom is 0.112 e. The first kappa shape index (κ1) is 22.4. The fourth-order valence-corrected chi connectivity index (χ4v) is 3.30. The van der Waals surface area contributed by atoms with E-state index in [-0.39, 0.29) is 6.10 Å². The Morgan fingerprint density at radius 2 is 1.18 bits per heavy atom. The number of quaternary nitrogens is 1. The molecule has 0 rings (SSSR count). The molecule has 0 aromatic carbocycles. The van der Waals surface area contributed by atoms with E-state index in [0.29, 0.717) is 5.33 Å². The first-order valence-electron chi connectivity index (χ1n) is 9.58. The van der Waals surface area contributed by atoms with Crippen LogP contribution in [-0.4, -0.2) is 48.2 Å². The second-order valence-corrected chi connectivity index (χ2v) is 8.19. The highest BCUT2D eigenvalue weighted by atomic mass is 79.9. The average Bonchev–Trinajstić information content (AvgIpc) is 2.47. The molecular weight excluding hydrogens is 338 g/mol. The Morgan fingerprint density at radius 3 is 1.59 bits per heavy atom. The molecule has 0 aliphatic carbocycles. The molecule has 134 valence electrons. The van der Waals surface area contributed by atoms with Crippen LogP contribution in [0.25, 0.3) is 0 Å². The number of aliphatic hydroxyl groups excluding tert-OH is 1. The van der Waals surface area contributed by atoms with Gasteiger partial charge in [0.05, 0.1) is 20.6 Å². The Bertz CT molecular complexity index is 233. The maximum absolute atomic E-state index is 9.72. The van der Waals surface area contributed by atoms with Crippen molar-refractivity contribution in [2.24, 2.45) is 0 Å². The van der Waals surface area contributed by atoms with E-state index < -0.39 is 0 Å². The molecular formula is C19H41BrNO+. The number of hydrogen-bond acceptors (Lipinski definition) is 1. The summed E-state index contributed by atoms with van der Waals surface area (Å²) in [6, 6.07) is 0. The van der Waals surface area contributed by atoms with Gasteiger partial charge in [-0.3, -0.25) is 0 Å². The molecule has 0 aromatic heterocycles. The van der Waals surface area contributed by atoms with Gasteiger partial charge in [0, 0.05) is 5.33 Å². The quantitative estimate of drug-likeness (QED) is 0.213. The highest BCUT2D eigenvalue weighted by Gasteiger charge is 2.18. The van der Waals surface area contributed by atoms with E-state index in [2.05, 4.69) is 36.9 Å². The predicted octanol–water partition coefficient (Wildman–Crippen LogP) is 5.52. The van der Waals surface area contributed by atoms with E-state index in [9.17, 15) is 5.11 Å². The second kappa shape index (κ2) is 15.0. The predicted molar refractivity (Wildman–Crippen MR) is 103 cm³/mol. The van der Waals surface area contributed by atoms with Crippen LogP contribution < -0.4 is 0 Å². The van der Waals surface area contributed by atoms with Crippen LogP contribution in [0.15, 0.2) is 0 Å². The van der Waals surface area contributed by atoms with Crippen LogP contribution in [0.2, 0.25) is 0 Å². The lowest BCUT2D eigenvalue weighted by Gasteiger charge is -2.31. The molecule has 0 aliphatic rings. The lowest BCUT2D eigenvalue weighted by atomic mass is 10.1. The summed E-state index contributed by atoms with van der Waals surface area (Å²) in [5, 5.41) is 10.4. The lowest BCUT2D eigenvalue weighted by molar-refractivity contribution is -0.893. The third-order valence-electron chi connectivity index (χ3n) is 4.50. The molecule has 22 heavy (non-hydrogen) atoms. The minimum atomic E-state index is -0.215. The molecule has 0 spiro atoms. The molecule has 2 nitrogen and oxygen atoms in total. The minimum Gasteiger partial charge on any atom is -0.386 e. The van der Waals surface area contributed by atoms with Crippen molar-refractivity contribution < 1.29 is 9.59 Å². The normalized spacial score (nSPS) is 13.5. The average molecular weight is 379 g/mol. The Kier molecular flexibility index (Phi) is 15.2. The van der Waals surface area contributed by atoms with Crippen molar-refractivity contribution in [3.63, 3.8) is 0 Å². The van der Waals surface area contributed by atoms with Gasteiger partial charge >= 0.3 is 0 Å². The lowest BCUT2D eigenvalue weighted by Crippen LogP contribution is -2.46. The Hall–Kier alpha value is 0.400. The number of halogens is 1. The number of unbranched alkanes of at least 4 members (excludes halogenated alkanes) is 11. The number of nitrogens with zero attached hydrogens (tertiary/aromatic N) is 1. The summed E-state index contributed by atoms with van der Waals surface area (Å²) in [6.45, 7) is 4.31. The monoisotopic (exact) mass is 378 g/mol. The molecule has 1 N–H and O–H groups in total. The SMILES string of the molecule is CCCCCCCCCCCCCC[N+](C)(C)CC(O)CBr. The topological polar surface area (TPSA) is 20.2 Å². The van der Waals surface area contributed by atoms with Gasteiger partial charge in [-0.2, -0.15) is 0 Å². The molecule has 0 heterocycles. The van der Waals surface area contributed by atoms with Gasteiger partial charge in [-0.05, 0) is 12.8 Å². The second-order valence-electron chi connectivity index (χ2n) is 7.54. The first-order valence-corrected chi connectivity index (χ1v) is 10.7. The summed E-state index contributed by atoms with van der Waals surface area (Å²) in [7, 11) is 4.45. The van der Waals surface area contributed by atoms with Crippen LogP contribution in [0.4, 0.5) is 0 Å². The van der Waals surface area contributed by atoms with E-state index in [1.807, 2.05) is 0 Å². The van der Waals surface area contributed by atoms with E-state index in [1.165, 1.54) is 83.6 Å². The van der Waals surface area contributed by atoms with Crippen molar-refractivity contribution in [1.82, 2.24) is 0 Å². The zero-order chi connectivity index (χ0) is 16.7. The van der Waals surface area contributed by atoms with Crippen molar-refractivity contribution in [1.29, 1.82) is 0 Å². The van der Waals surface area contributed by atoms with Gasteiger partial charge in [0.15, 0.2) is 0 Å². The zero-order valence-electron chi connectivity index (χ0n) is 15.5. The van der Waals surface area contributed by atoms with Gasteiger partial charge in [-0.15, -0.1) is 0 Å². The summed E-state index contributed by atoms with van der Waals surface area (Å²) >= 11 is 3.35. The molecule has 3 heteroatoms. The van der Waals surface area contributed by atoms with Gasteiger partial charge in [-0.1, -0.05) is 87.1 Å². The van der Waals surface area contributed by atoms with E-state index >= 15 is 0 Å². The van der Waals surface area contributed by atoms with Gasteiger partial charge < -0.3 is 9.59 Å². The molecule has 0 saturated carbocycles. The van der Waals surface area contributed by atoms with E-state index in [0.717, 1.165) is 11.0 Å². The summed E-state index contributed by atoms with van der Waals surface area (Å²) in [6.07, 6.45) is 16.6. The van der Waals surface area contributed by atoms with E-state index in [4.69, 9.17) is 0 Å². The molecule has 1 unspecified atom stereocenters. The van der Waals surface area contributed by atoms with Crippen LogP contribution in [0.5, 0.6) is 0 Å². The van der Waals surface area contributed by atoms with Crippen molar-refractivity contribution in [3.05, 3.63) is 0 Å². The number of likely N-dealkylation sites (N-methyl/N-ethyl adjacent to an activating group) is 1. The van der Waals surface area contributed by atoms with Crippen molar-refractivity contribution in [2.75, 3.05) is 32.5 Å². The van der Waals surface area contributed by atoms with Gasteiger partial charge in [0.1, 0.15) is 12.6 Å². The number of alkyl halides is 1. The number of hydrogen-bond donors (Lipinski definition) is 1. The van der Waals surface area contributed by atoms with Crippen LogP contribution in [0, 0.1) is 0 Å². The maximum atomic E-state index is 9.72. The molecule has 0 radical (unpaired) electrons. The van der Waals surface area contributed by atoms with Crippen LogP contribution in [0.3, 0.4) is 0 Å². The Labute approximate surface area is 148 Å². The highest BCUT2D eigenvalue weighted by molar-refractivity contribution is 9.09. The molecule has 0 saturated heterocycles. The summed E-state index contributed by atoms with van der Waals surface area (Å²) in [4.78, 5) is 0. The molecule has 0 aliphatic heterocycles.